The molecular formula is C19H22Cl2N4O3S2. The lowest BCUT2D eigenvalue weighted by molar-refractivity contribution is -0.136. The first-order valence-corrected chi connectivity index (χ1v) is 12.6. The molecule has 0 spiro atoms. The summed E-state index contributed by atoms with van der Waals surface area (Å²) in [5, 5.41) is 11.2. The minimum absolute atomic E-state index is 0.0140. The zero-order valence-corrected chi connectivity index (χ0v) is 19.4. The molecule has 0 bridgehead atoms. The number of piperidine rings is 1. The summed E-state index contributed by atoms with van der Waals surface area (Å²) in [5.41, 5.74) is 0.333. The molecule has 30 heavy (non-hydrogen) atoms. The molecule has 3 rings (SSSR count). The van der Waals surface area contributed by atoms with E-state index in [9.17, 15) is 18.5 Å². The molecule has 0 saturated carbocycles. The number of hydrogen-bond acceptors (Lipinski definition) is 5. The Morgan fingerprint density at radius 2 is 2.13 bits per heavy atom. The van der Waals surface area contributed by atoms with Gasteiger partial charge in [-0.25, -0.2) is 8.42 Å². The Balaban J connectivity index is 1.93. The van der Waals surface area contributed by atoms with Crippen LogP contribution in [0.25, 0.3) is 0 Å². The number of amides is 1. The number of nitriles is 1. The molecule has 2 aromatic rings. The van der Waals surface area contributed by atoms with Crippen molar-refractivity contribution in [2.45, 2.75) is 41.6 Å². The summed E-state index contributed by atoms with van der Waals surface area (Å²) in [4.78, 5) is 12.9. The summed E-state index contributed by atoms with van der Waals surface area (Å²) in [6.45, 7) is 3.04. The van der Waals surface area contributed by atoms with Crippen molar-refractivity contribution in [2.75, 3.05) is 13.1 Å². The molecule has 1 N–H and O–H groups in total. The van der Waals surface area contributed by atoms with Gasteiger partial charge in [0.25, 0.3) is 5.91 Å². The Morgan fingerprint density at radius 3 is 2.73 bits per heavy atom. The predicted molar refractivity (Wildman–Crippen MR) is 117 cm³/mol. The van der Waals surface area contributed by atoms with Gasteiger partial charge in [0.05, 0.1) is 10.3 Å². The second kappa shape index (κ2) is 9.28. The van der Waals surface area contributed by atoms with Crippen molar-refractivity contribution in [1.29, 1.82) is 5.26 Å². The van der Waals surface area contributed by atoms with Gasteiger partial charge in [-0.1, -0.05) is 18.5 Å². The molecule has 1 saturated heterocycles. The van der Waals surface area contributed by atoms with Crippen molar-refractivity contribution >= 4 is 50.5 Å². The monoisotopic (exact) mass is 488 g/mol. The molecule has 1 amide bonds. The molecule has 2 unspecified atom stereocenters. The highest BCUT2D eigenvalue weighted by Gasteiger charge is 2.49. The van der Waals surface area contributed by atoms with Gasteiger partial charge in [-0.2, -0.15) is 21.3 Å². The first-order chi connectivity index (χ1) is 14.2. The fraction of sp³-hybridized carbons (Fsp3) is 0.474. The van der Waals surface area contributed by atoms with Crippen molar-refractivity contribution < 1.29 is 13.2 Å². The van der Waals surface area contributed by atoms with E-state index >= 15 is 0 Å². The maximum Gasteiger partial charge on any atom is 0.260 e. The first-order valence-electron chi connectivity index (χ1n) is 9.41. The van der Waals surface area contributed by atoms with E-state index in [-0.39, 0.29) is 11.4 Å². The maximum atomic E-state index is 13.4. The van der Waals surface area contributed by atoms with E-state index < -0.39 is 26.3 Å². The van der Waals surface area contributed by atoms with E-state index in [0.717, 1.165) is 12.8 Å². The van der Waals surface area contributed by atoms with E-state index in [1.807, 2.05) is 6.07 Å². The number of halogens is 2. The Kier molecular flexibility index (Phi) is 7.15. The van der Waals surface area contributed by atoms with Crippen molar-refractivity contribution in [3.05, 3.63) is 40.8 Å². The van der Waals surface area contributed by atoms with Gasteiger partial charge < -0.3 is 9.47 Å². The Labute approximate surface area is 190 Å². The molecule has 1 aliphatic heterocycles. The number of rotatable bonds is 7. The highest BCUT2D eigenvalue weighted by molar-refractivity contribution is 7.89. The molecule has 0 aliphatic carbocycles. The van der Waals surface area contributed by atoms with E-state index in [1.165, 1.54) is 22.8 Å². The van der Waals surface area contributed by atoms with Gasteiger partial charge in [-0.05, 0) is 42.3 Å². The minimum atomic E-state index is -4.09. The lowest BCUT2D eigenvalue weighted by atomic mass is 9.98. The number of carbonyl (C=O) groups excluding carboxylic acids is 1. The van der Waals surface area contributed by atoms with Crippen LogP contribution in [-0.4, -0.2) is 47.3 Å². The Bertz CT molecular complexity index is 1020. The maximum absolute atomic E-state index is 13.4. The third-order valence-corrected chi connectivity index (χ3v) is 8.71. The van der Waals surface area contributed by atoms with Crippen LogP contribution in [0.1, 0.15) is 25.5 Å². The molecule has 3 heterocycles. The second-order valence-corrected chi connectivity index (χ2v) is 11.0. The lowest BCUT2D eigenvalue weighted by Gasteiger charge is -2.38. The summed E-state index contributed by atoms with van der Waals surface area (Å²) in [5.74, 6) is -0.105. The lowest BCUT2D eigenvalue weighted by Crippen LogP contribution is -2.62. The molecule has 1 fully saturated rings. The summed E-state index contributed by atoms with van der Waals surface area (Å²) in [7, 11) is -4.09. The van der Waals surface area contributed by atoms with Crippen LogP contribution in [0.15, 0.2) is 40.1 Å². The van der Waals surface area contributed by atoms with E-state index in [4.69, 9.17) is 23.2 Å². The van der Waals surface area contributed by atoms with E-state index in [1.54, 1.807) is 33.2 Å². The normalized spacial score (nSPS) is 18.5. The summed E-state index contributed by atoms with van der Waals surface area (Å²) in [6, 6.07) is 6.73. The Morgan fingerprint density at radius 1 is 1.43 bits per heavy atom. The predicted octanol–water partition coefficient (Wildman–Crippen LogP) is 3.20. The Hall–Kier alpha value is -1.57. The topological polar surface area (TPSA) is 95.2 Å². The van der Waals surface area contributed by atoms with Crippen molar-refractivity contribution in [1.82, 2.24) is 14.2 Å². The van der Waals surface area contributed by atoms with Crippen LogP contribution < -0.4 is 4.72 Å². The summed E-state index contributed by atoms with van der Waals surface area (Å²) >= 11 is 14.5. The summed E-state index contributed by atoms with van der Waals surface area (Å²) < 4.78 is 29.7. The fourth-order valence-electron chi connectivity index (χ4n) is 3.32. The van der Waals surface area contributed by atoms with Gasteiger partial charge in [-0.3, -0.25) is 4.79 Å². The highest BCUT2D eigenvalue weighted by Crippen LogP contribution is 2.31. The highest BCUT2D eigenvalue weighted by atomic mass is 35.5. The van der Waals surface area contributed by atoms with Crippen LogP contribution in [-0.2, 0) is 21.4 Å². The number of thiophene rings is 1. The number of likely N-dealkylation sites (tertiary alicyclic amines) is 1. The molecular weight excluding hydrogens is 467 g/mol. The standard InChI is InChI=1S/C19H22Cl2N4O3S2/c1-14-4-8-24(9-5-14)18(26)19(21,23-30(27,28)16-6-10-29-13-16)17(20)12-25-7-2-3-15(25)11-22/h2-3,6-7,10,13-14,17,23H,4-5,8-9,12H2,1H3. The van der Waals surface area contributed by atoms with Gasteiger partial charge in [0.1, 0.15) is 11.8 Å². The van der Waals surface area contributed by atoms with Crippen LogP contribution in [0.2, 0.25) is 0 Å². The number of carbonyl (C=O) groups is 1. The number of nitrogens with one attached hydrogen (secondary N) is 1. The van der Waals surface area contributed by atoms with Gasteiger partial charge in [-0.15, -0.1) is 11.6 Å². The number of aromatic nitrogens is 1. The van der Waals surface area contributed by atoms with E-state index in [0.29, 0.717) is 24.7 Å². The number of sulfonamides is 1. The average molecular weight is 489 g/mol. The van der Waals surface area contributed by atoms with Gasteiger partial charge in [0, 0.05) is 31.2 Å². The smallest absolute Gasteiger partial charge is 0.260 e. The largest absolute Gasteiger partial charge is 0.340 e. The van der Waals surface area contributed by atoms with Crippen LogP contribution in [0, 0.1) is 17.2 Å². The van der Waals surface area contributed by atoms with Crippen LogP contribution in [0.5, 0.6) is 0 Å². The summed E-state index contributed by atoms with van der Waals surface area (Å²) in [6.07, 6.45) is 3.24. The fourth-order valence-corrected chi connectivity index (χ4v) is 6.43. The molecule has 7 nitrogen and oxygen atoms in total. The average Bonchev–Trinajstić information content (AvgIpc) is 3.40. The zero-order valence-electron chi connectivity index (χ0n) is 16.3. The third kappa shape index (κ3) is 4.84. The van der Waals surface area contributed by atoms with E-state index in [2.05, 4.69) is 11.6 Å². The first kappa shape index (κ1) is 23.1. The molecule has 1 aliphatic rings. The van der Waals surface area contributed by atoms with Crippen LogP contribution in [0.3, 0.4) is 0 Å². The molecule has 0 aromatic carbocycles. The molecule has 0 radical (unpaired) electrons. The zero-order chi connectivity index (χ0) is 21.9. The van der Waals surface area contributed by atoms with Crippen molar-refractivity contribution in [3.8, 4) is 6.07 Å². The van der Waals surface area contributed by atoms with Crippen molar-refractivity contribution in [3.63, 3.8) is 0 Å². The molecule has 11 heteroatoms. The van der Waals surface area contributed by atoms with Crippen LogP contribution >= 0.6 is 34.5 Å². The SMILES string of the molecule is CC1CCN(C(=O)C(Cl)(NS(=O)(=O)c2ccsc2)C(Cl)Cn2cccc2C#N)CC1. The number of alkyl halides is 2. The van der Waals surface area contributed by atoms with Crippen LogP contribution in [0.4, 0.5) is 0 Å². The van der Waals surface area contributed by atoms with Gasteiger partial charge in [0.15, 0.2) is 0 Å². The number of nitrogens with zero attached hydrogens (tertiary/aromatic N) is 3. The van der Waals surface area contributed by atoms with Gasteiger partial charge in [0.2, 0.25) is 15.0 Å². The third-order valence-electron chi connectivity index (χ3n) is 5.20. The number of hydrogen-bond donors (Lipinski definition) is 1. The molecule has 162 valence electrons. The quantitative estimate of drug-likeness (QED) is 0.477. The molecule has 2 aromatic heterocycles. The van der Waals surface area contributed by atoms with Gasteiger partial charge >= 0.3 is 0 Å². The minimum Gasteiger partial charge on any atom is -0.340 e. The van der Waals surface area contributed by atoms with Crippen molar-refractivity contribution in [2.24, 2.45) is 5.92 Å². The second-order valence-electron chi connectivity index (χ2n) is 7.38. The molecule has 2 atom stereocenters.